The minimum absolute atomic E-state index is 0.139. The van der Waals surface area contributed by atoms with Crippen LogP contribution < -0.4 is 21.3 Å². The molecule has 4 N–H and O–H groups in total. The number of ether oxygens (including phenoxy) is 1. The summed E-state index contributed by atoms with van der Waals surface area (Å²) in [5.74, 6) is -0.670. The lowest BCUT2D eigenvalue weighted by molar-refractivity contribution is -0.120. The fraction of sp³-hybridized carbons (Fsp3) is 0.435. The lowest BCUT2D eigenvalue weighted by atomic mass is 10.1. The van der Waals surface area contributed by atoms with Crippen LogP contribution in [0.15, 0.2) is 29.2 Å². The lowest BCUT2D eigenvalue weighted by Gasteiger charge is -2.19. The van der Waals surface area contributed by atoms with Crippen LogP contribution >= 0.6 is 24.0 Å². The second-order valence-corrected chi connectivity index (χ2v) is 10.2. The van der Waals surface area contributed by atoms with E-state index in [1.54, 1.807) is 51.1 Å². The molecule has 0 unspecified atom stereocenters. The second kappa shape index (κ2) is 13.1. The lowest BCUT2D eigenvalue weighted by Crippen LogP contribution is -2.39. The summed E-state index contributed by atoms with van der Waals surface area (Å²) in [6.45, 7) is 6.12. The maximum atomic E-state index is 12.3. The average Bonchev–Trinajstić information content (AvgIpc) is 3.07. The van der Waals surface area contributed by atoms with Crippen LogP contribution in [-0.2, 0) is 14.3 Å². The van der Waals surface area contributed by atoms with Crippen LogP contribution in [0.2, 0.25) is 0 Å². The molecule has 0 spiro atoms. The third-order valence-electron chi connectivity index (χ3n) is 4.37. The normalized spacial score (nSPS) is 14.5. The van der Waals surface area contributed by atoms with Crippen molar-refractivity contribution in [3.8, 4) is 0 Å². The number of benzene rings is 1. The Morgan fingerprint density at radius 1 is 1.03 bits per heavy atom. The van der Waals surface area contributed by atoms with E-state index in [4.69, 9.17) is 17.0 Å². The van der Waals surface area contributed by atoms with Gasteiger partial charge in [-0.3, -0.25) is 14.4 Å². The molecule has 4 amide bonds. The first-order valence-electron chi connectivity index (χ1n) is 10.9. The molecule has 184 valence electrons. The summed E-state index contributed by atoms with van der Waals surface area (Å²) < 4.78 is 5.50. The number of unbranched alkanes of at least 4 members (excludes halogenated alkanes) is 2. The van der Waals surface area contributed by atoms with Gasteiger partial charge >= 0.3 is 6.09 Å². The maximum Gasteiger partial charge on any atom is 0.408 e. The topological polar surface area (TPSA) is 126 Å². The van der Waals surface area contributed by atoms with E-state index in [0.29, 0.717) is 27.9 Å². The van der Waals surface area contributed by atoms with Crippen molar-refractivity contribution in [3.63, 3.8) is 0 Å². The molecule has 2 rings (SSSR count). The molecule has 0 bridgehead atoms. The molecule has 1 aliphatic heterocycles. The van der Waals surface area contributed by atoms with Gasteiger partial charge in [0.1, 0.15) is 9.92 Å². The molecule has 0 radical (unpaired) electrons. The van der Waals surface area contributed by atoms with Crippen molar-refractivity contribution in [2.75, 3.05) is 19.6 Å². The van der Waals surface area contributed by atoms with Crippen LogP contribution in [-0.4, -0.2) is 53.4 Å². The van der Waals surface area contributed by atoms with Gasteiger partial charge in [-0.25, -0.2) is 4.79 Å². The van der Waals surface area contributed by atoms with Gasteiger partial charge < -0.3 is 26.0 Å². The summed E-state index contributed by atoms with van der Waals surface area (Å²) in [6, 6.07) is 6.96. The SMILES string of the molecule is CC(C)(C)OC(=O)NCC(=O)NCCCCCNC(=O)c1ccc(/C=C2\SC(=S)NC2=O)cc1. The number of amides is 4. The minimum Gasteiger partial charge on any atom is -0.444 e. The quantitative estimate of drug-likeness (QED) is 0.218. The van der Waals surface area contributed by atoms with E-state index in [2.05, 4.69) is 21.3 Å². The average molecular weight is 507 g/mol. The molecule has 1 aromatic carbocycles. The second-order valence-electron chi connectivity index (χ2n) is 8.50. The van der Waals surface area contributed by atoms with Crippen molar-refractivity contribution in [2.24, 2.45) is 0 Å². The van der Waals surface area contributed by atoms with Gasteiger partial charge in [0.05, 0.1) is 11.4 Å². The Kier molecular flexibility index (Phi) is 10.5. The molecule has 1 heterocycles. The van der Waals surface area contributed by atoms with E-state index in [1.807, 2.05) is 0 Å². The van der Waals surface area contributed by atoms with Gasteiger partial charge in [-0.1, -0.05) is 36.1 Å². The number of hydrogen-bond acceptors (Lipinski definition) is 7. The summed E-state index contributed by atoms with van der Waals surface area (Å²) in [5.41, 5.74) is 0.730. The Morgan fingerprint density at radius 2 is 1.68 bits per heavy atom. The largest absolute Gasteiger partial charge is 0.444 e. The predicted octanol–water partition coefficient (Wildman–Crippen LogP) is 2.72. The van der Waals surface area contributed by atoms with E-state index in [0.717, 1.165) is 24.8 Å². The highest BCUT2D eigenvalue weighted by Crippen LogP contribution is 2.25. The Bertz CT molecular complexity index is 955. The van der Waals surface area contributed by atoms with Gasteiger partial charge in [0.25, 0.3) is 11.8 Å². The zero-order chi connectivity index (χ0) is 25.1. The zero-order valence-corrected chi connectivity index (χ0v) is 21.1. The summed E-state index contributed by atoms with van der Waals surface area (Å²) in [7, 11) is 0. The maximum absolute atomic E-state index is 12.3. The summed E-state index contributed by atoms with van der Waals surface area (Å²) >= 11 is 6.18. The predicted molar refractivity (Wildman–Crippen MR) is 136 cm³/mol. The van der Waals surface area contributed by atoms with Gasteiger partial charge in [-0.2, -0.15) is 0 Å². The molecule has 9 nitrogen and oxygen atoms in total. The summed E-state index contributed by atoms with van der Waals surface area (Å²) in [6.07, 6.45) is 3.46. The van der Waals surface area contributed by atoms with E-state index < -0.39 is 11.7 Å². The standard InChI is InChI=1S/C23H30N4O5S2/c1-23(2,3)32-21(31)26-14-18(28)24-11-5-4-6-12-25-19(29)16-9-7-15(8-10-16)13-17-20(30)27-22(33)34-17/h7-10,13H,4-6,11-12,14H2,1-3H3,(H,24,28)(H,25,29)(H,26,31)(H,27,30,33)/b17-13-. The van der Waals surface area contributed by atoms with Crippen LogP contribution in [0, 0.1) is 0 Å². The number of carbonyl (C=O) groups excluding carboxylic acids is 4. The smallest absolute Gasteiger partial charge is 0.408 e. The van der Waals surface area contributed by atoms with Crippen LogP contribution in [0.3, 0.4) is 0 Å². The Morgan fingerprint density at radius 3 is 2.26 bits per heavy atom. The van der Waals surface area contributed by atoms with Gasteiger partial charge in [0.2, 0.25) is 5.91 Å². The van der Waals surface area contributed by atoms with E-state index in [1.165, 1.54) is 11.8 Å². The molecule has 1 aromatic rings. The van der Waals surface area contributed by atoms with Crippen molar-refractivity contribution in [2.45, 2.75) is 45.6 Å². The third kappa shape index (κ3) is 10.3. The van der Waals surface area contributed by atoms with Crippen molar-refractivity contribution >= 4 is 58.2 Å². The number of hydrogen-bond donors (Lipinski definition) is 4. The van der Waals surface area contributed by atoms with Gasteiger partial charge in [0, 0.05) is 18.7 Å². The molecule has 1 saturated heterocycles. The van der Waals surface area contributed by atoms with E-state index >= 15 is 0 Å². The molecule has 0 atom stereocenters. The van der Waals surface area contributed by atoms with Gasteiger partial charge in [-0.05, 0) is 63.8 Å². The van der Waals surface area contributed by atoms with Crippen LogP contribution in [0.1, 0.15) is 56.0 Å². The van der Waals surface area contributed by atoms with Crippen molar-refractivity contribution in [3.05, 3.63) is 40.3 Å². The number of alkyl carbamates (subject to hydrolysis) is 1. The molecule has 34 heavy (non-hydrogen) atoms. The molecule has 0 saturated carbocycles. The molecule has 0 aromatic heterocycles. The molecular formula is C23H30N4O5S2. The van der Waals surface area contributed by atoms with Crippen LogP contribution in [0.25, 0.3) is 6.08 Å². The molecule has 1 aliphatic rings. The van der Waals surface area contributed by atoms with Crippen molar-refractivity contribution < 1.29 is 23.9 Å². The Hall–Kier alpha value is -2.92. The third-order valence-corrected chi connectivity index (χ3v) is 5.53. The van der Waals surface area contributed by atoms with Gasteiger partial charge in [-0.15, -0.1) is 0 Å². The van der Waals surface area contributed by atoms with E-state index in [9.17, 15) is 19.2 Å². The fourth-order valence-corrected chi connectivity index (χ4v) is 3.84. The highest BCUT2D eigenvalue weighted by atomic mass is 32.2. The fourth-order valence-electron chi connectivity index (χ4n) is 2.79. The van der Waals surface area contributed by atoms with E-state index in [-0.39, 0.29) is 24.3 Å². The van der Waals surface area contributed by atoms with Crippen molar-refractivity contribution in [1.29, 1.82) is 0 Å². The Balaban J connectivity index is 1.57. The minimum atomic E-state index is -0.630. The molecular weight excluding hydrogens is 476 g/mol. The molecule has 1 fully saturated rings. The number of carbonyl (C=O) groups is 4. The molecule has 11 heteroatoms. The summed E-state index contributed by atoms with van der Waals surface area (Å²) in [4.78, 5) is 47.8. The molecule has 0 aliphatic carbocycles. The van der Waals surface area contributed by atoms with Crippen LogP contribution in [0.5, 0.6) is 0 Å². The first kappa shape index (κ1) is 27.3. The van der Waals surface area contributed by atoms with Crippen molar-refractivity contribution in [1.82, 2.24) is 21.3 Å². The summed E-state index contributed by atoms with van der Waals surface area (Å²) in [5, 5.41) is 10.6. The number of nitrogens with one attached hydrogen (secondary N) is 4. The number of thioether (sulfide) groups is 1. The van der Waals surface area contributed by atoms with Gasteiger partial charge in [0.15, 0.2) is 0 Å². The monoisotopic (exact) mass is 506 g/mol. The highest BCUT2D eigenvalue weighted by molar-refractivity contribution is 8.26. The van der Waals surface area contributed by atoms with Crippen LogP contribution in [0.4, 0.5) is 4.79 Å². The first-order chi connectivity index (χ1) is 16.0. The number of thiocarbonyl (C=S) groups is 1. The Labute approximate surface area is 208 Å². The number of rotatable bonds is 10. The highest BCUT2D eigenvalue weighted by Gasteiger charge is 2.22. The first-order valence-corrected chi connectivity index (χ1v) is 12.1. The zero-order valence-electron chi connectivity index (χ0n) is 19.5.